The van der Waals surface area contributed by atoms with E-state index < -0.39 is 27.1 Å². The van der Waals surface area contributed by atoms with E-state index in [-0.39, 0.29) is 16.9 Å². The Balaban J connectivity index is 2.07. The highest BCUT2D eigenvalue weighted by molar-refractivity contribution is 6.41. The fourth-order valence-electron chi connectivity index (χ4n) is 3.33. The van der Waals surface area contributed by atoms with Crippen molar-refractivity contribution < 1.29 is 19.6 Å². The SMILES string of the molecule is Cc1ccc2c(c1)OC1(O)c3c(cccc3[N+](=O)[O-])C(=O)C21Cl. The van der Waals surface area contributed by atoms with Crippen molar-refractivity contribution >= 4 is 23.1 Å². The maximum atomic E-state index is 12.8. The molecule has 2 atom stereocenters. The van der Waals surface area contributed by atoms with Crippen LogP contribution in [0.1, 0.15) is 27.0 Å². The van der Waals surface area contributed by atoms with Crippen LogP contribution in [-0.2, 0) is 10.7 Å². The molecule has 1 aliphatic carbocycles. The van der Waals surface area contributed by atoms with Gasteiger partial charge in [-0.1, -0.05) is 35.9 Å². The molecule has 0 saturated heterocycles. The summed E-state index contributed by atoms with van der Waals surface area (Å²) in [4.78, 5) is 21.6. The Morgan fingerprint density at radius 2 is 2.04 bits per heavy atom. The summed E-state index contributed by atoms with van der Waals surface area (Å²) in [5.41, 5.74) is 0.567. The number of fused-ring (bicyclic) bond motifs is 5. The van der Waals surface area contributed by atoms with Gasteiger partial charge in [0.15, 0.2) is 5.78 Å². The lowest BCUT2D eigenvalue weighted by molar-refractivity contribution is -0.387. The van der Waals surface area contributed by atoms with Crippen LogP contribution in [-0.4, -0.2) is 15.8 Å². The summed E-state index contributed by atoms with van der Waals surface area (Å²) in [5, 5.41) is 22.4. The maximum absolute atomic E-state index is 12.8. The predicted molar refractivity (Wildman–Crippen MR) is 80.7 cm³/mol. The minimum absolute atomic E-state index is 0.00271. The van der Waals surface area contributed by atoms with Gasteiger partial charge in [0.2, 0.25) is 4.87 Å². The summed E-state index contributed by atoms with van der Waals surface area (Å²) >= 11 is 6.54. The predicted octanol–water partition coefficient (Wildman–Crippen LogP) is 2.77. The lowest BCUT2D eigenvalue weighted by atomic mass is 9.91. The van der Waals surface area contributed by atoms with Crippen molar-refractivity contribution in [2.45, 2.75) is 17.6 Å². The van der Waals surface area contributed by atoms with Gasteiger partial charge in [0.05, 0.1) is 4.92 Å². The van der Waals surface area contributed by atoms with Crippen LogP contribution in [0.3, 0.4) is 0 Å². The number of alkyl halides is 1. The van der Waals surface area contributed by atoms with E-state index in [2.05, 4.69) is 0 Å². The second-order valence-corrected chi connectivity index (χ2v) is 6.26. The minimum atomic E-state index is -2.30. The second kappa shape index (κ2) is 4.10. The third-order valence-electron chi connectivity index (χ3n) is 4.37. The Hall–Kier alpha value is -2.44. The van der Waals surface area contributed by atoms with Gasteiger partial charge < -0.3 is 9.84 Å². The standard InChI is InChI=1S/C16H10ClNO5/c1-8-5-6-10-12(7-8)23-16(20)13-9(14(19)15(10,16)17)3-2-4-11(13)18(21)22/h2-7,20H,1H3. The molecule has 0 bridgehead atoms. The van der Waals surface area contributed by atoms with Crippen LogP contribution in [0.15, 0.2) is 36.4 Å². The number of nitrogens with zero attached hydrogens (tertiary/aromatic N) is 1. The first-order valence-electron chi connectivity index (χ1n) is 6.85. The number of hydrogen-bond donors (Lipinski definition) is 1. The molecule has 0 radical (unpaired) electrons. The number of nitro benzene ring substituents is 1. The number of carbonyl (C=O) groups excluding carboxylic acids is 1. The fraction of sp³-hybridized carbons (Fsp3) is 0.188. The molecule has 0 saturated carbocycles. The monoisotopic (exact) mass is 331 g/mol. The summed E-state index contributed by atoms with van der Waals surface area (Å²) in [6.07, 6.45) is 0. The Morgan fingerprint density at radius 3 is 2.74 bits per heavy atom. The van der Waals surface area contributed by atoms with Gasteiger partial charge in [0.25, 0.3) is 11.5 Å². The van der Waals surface area contributed by atoms with E-state index in [0.717, 1.165) is 5.56 Å². The lowest BCUT2D eigenvalue weighted by Crippen LogP contribution is -2.44. The van der Waals surface area contributed by atoms with E-state index in [1.54, 1.807) is 18.2 Å². The highest BCUT2D eigenvalue weighted by Gasteiger charge is 2.72. The summed E-state index contributed by atoms with van der Waals surface area (Å²) in [6, 6.07) is 8.98. The van der Waals surface area contributed by atoms with Gasteiger partial charge in [-0.15, -0.1) is 0 Å². The van der Waals surface area contributed by atoms with Crippen LogP contribution in [0.2, 0.25) is 0 Å². The number of nitro groups is 1. The number of carbonyl (C=O) groups is 1. The molecule has 0 aromatic heterocycles. The second-order valence-electron chi connectivity index (χ2n) is 5.69. The van der Waals surface area contributed by atoms with Crippen molar-refractivity contribution in [1.82, 2.24) is 0 Å². The Morgan fingerprint density at radius 1 is 1.30 bits per heavy atom. The number of halogens is 1. The van der Waals surface area contributed by atoms with Gasteiger partial charge in [0, 0.05) is 17.2 Å². The Kier molecular flexibility index (Phi) is 2.52. The zero-order valence-corrected chi connectivity index (χ0v) is 12.6. The van der Waals surface area contributed by atoms with Crippen LogP contribution in [0.5, 0.6) is 5.75 Å². The van der Waals surface area contributed by atoms with Crippen molar-refractivity contribution in [2.75, 3.05) is 0 Å². The first-order valence-corrected chi connectivity index (χ1v) is 7.22. The van der Waals surface area contributed by atoms with Gasteiger partial charge in [0.1, 0.15) is 11.3 Å². The van der Waals surface area contributed by atoms with Crippen molar-refractivity contribution in [1.29, 1.82) is 0 Å². The highest BCUT2D eigenvalue weighted by atomic mass is 35.5. The van der Waals surface area contributed by atoms with E-state index in [1.807, 2.05) is 6.92 Å². The molecule has 2 aliphatic rings. The van der Waals surface area contributed by atoms with Gasteiger partial charge in [-0.3, -0.25) is 14.9 Å². The molecule has 4 rings (SSSR count). The van der Waals surface area contributed by atoms with Crippen molar-refractivity contribution in [2.24, 2.45) is 0 Å². The zero-order chi connectivity index (χ0) is 16.6. The summed E-state index contributed by atoms with van der Waals surface area (Å²) in [5.74, 6) is -2.66. The first kappa shape index (κ1) is 14.2. The van der Waals surface area contributed by atoms with Crippen molar-refractivity contribution in [3.8, 4) is 5.75 Å². The van der Waals surface area contributed by atoms with E-state index >= 15 is 0 Å². The number of ether oxygens (including phenoxy) is 1. The normalized spacial score (nSPS) is 27.2. The molecule has 1 heterocycles. The molecule has 0 spiro atoms. The molecule has 0 amide bonds. The van der Waals surface area contributed by atoms with Gasteiger partial charge in [-0.2, -0.15) is 0 Å². The third-order valence-corrected chi connectivity index (χ3v) is 5.00. The molecule has 6 nitrogen and oxygen atoms in total. The molecule has 1 N–H and O–H groups in total. The highest BCUT2D eigenvalue weighted by Crippen LogP contribution is 2.63. The first-order chi connectivity index (χ1) is 10.8. The summed E-state index contributed by atoms with van der Waals surface area (Å²) in [7, 11) is 0. The number of rotatable bonds is 1. The number of ketones is 1. The van der Waals surface area contributed by atoms with E-state index in [1.165, 1.54) is 18.2 Å². The third kappa shape index (κ3) is 1.45. The van der Waals surface area contributed by atoms with Crippen LogP contribution in [0.4, 0.5) is 5.69 Å². The van der Waals surface area contributed by atoms with Crippen molar-refractivity contribution in [3.05, 3.63) is 68.8 Å². The van der Waals surface area contributed by atoms with E-state index in [9.17, 15) is 20.0 Å². The Labute approximate surface area is 135 Å². The van der Waals surface area contributed by atoms with Crippen LogP contribution >= 0.6 is 11.6 Å². The molecule has 0 fully saturated rings. The largest absolute Gasteiger partial charge is 0.455 e. The molecule has 2 aromatic carbocycles. The average Bonchev–Trinajstić information content (AvgIpc) is 2.83. The molecule has 7 heteroatoms. The number of Topliss-reactive ketones (excluding diaryl/α,β-unsaturated/α-hetero) is 1. The van der Waals surface area contributed by atoms with Gasteiger partial charge >= 0.3 is 0 Å². The quantitative estimate of drug-likeness (QED) is 0.493. The maximum Gasteiger partial charge on any atom is 0.280 e. The minimum Gasteiger partial charge on any atom is -0.455 e. The van der Waals surface area contributed by atoms with Crippen LogP contribution in [0, 0.1) is 17.0 Å². The fourth-order valence-corrected chi connectivity index (χ4v) is 3.72. The van der Waals surface area contributed by atoms with Crippen LogP contribution in [0.25, 0.3) is 0 Å². The zero-order valence-electron chi connectivity index (χ0n) is 11.9. The summed E-state index contributed by atoms with van der Waals surface area (Å²) < 4.78 is 5.59. The van der Waals surface area contributed by atoms with E-state index in [4.69, 9.17) is 16.3 Å². The van der Waals surface area contributed by atoms with Gasteiger partial charge in [-0.05, 0) is 18.6 Å². The number of aryl methyl sites for hydroxylation is 1. The Bertz CT molecular complexity index is 911. The lowest BCUT2D eigenvalue weighted by Gasteiger charge is -2.27. The van der Waals surface area contributed by atoms with Crippen molar-refractivity contribution in [3.63, 3.8) is 0 Å². The molecule has 2 aromatic rings. The molecular weight excluding hydrogens is 322 g/mol. The summed E-state index contributed by atoms with van der Waals surface area (Å²) in [6.45, 7) is 1.82. The topological polar surface area (TPSA) is 89.7 Å². The number of aliphatic hydroxyl groups is 1. The molecule has 23 heavy (non-hydrogen) atoms. The van der Waals surface area contributed by atoms with E-state index in [0.29, 0.717) is 5.56 Å². The molecular formula is C16H10ClNO5. The average molecular weight is 332 g/mol. The number of benzene rings is 2. The molecule has 1 aliphatic heterocycles. The number of hydrogen-bond acceptors (Lipinski definition) is 5. The van der Waals surface area contributed by atoms with Gasteiger partial charge in [-0.25, -0.2) is 0 Å². The molecule has 2 unspecified atom stereocenters. The smallest absolute Gasteiger partial charge is 0.280 e. The molecule has 116 valence electrons. The van der Waals surface area contributed by atoms with Crippen LogP contribution < -0.4 is 4.74 Å².